The summed E-state index contributed by atoms with van der Waals surface area (Å²) >= 11 is 0. The van der Waals surface area contributed by atoms with Gasteiger partial charge >= 0.3 is 12.1 Å². The normalized spacial score (nSPS) is 28.2. The second-order valence-corrected chi connectivity index (χ2v) is 6.13. The van der Waals surface area contributed by atoms with E-state index in [1.165, 1.54) is 0 Å². The zero-order valence-electron chi connectivity index (χ0n) is 12.2. The van der Waals surface area contributed by atoms with Gasteiger partial charge in [0.25, 0.3) is 0 Å². The maximum atomic E-state index is 12.3. The van der Waals surface area contributed by atoms with Gasteiger partial charge in [0.15, 0.2) is 0 Å². The van der Waals surface area contributed by atoms with Gasteiger partial charge in [0.1, 0.15) is 6.54 Å². The number of nitrogens with zero attached hydrogens (tertiary/aromatic N) is 1. The average molecular weight is 322 g/mol. The Hall–Kier alpha value is -1.31. The molecule has 3 atom stereocenters. The number of hydrogen-bond acceptors (Lipinski definition) is 3. The van der Waals surface area contributed by atoms with Crippen LogP contribution in [0.15, 0.2) is 0 Å². The summed E-state index contributed by atoms with van der Waals surface area (Å²) < 4.78 is 36.9. The van der Waals surface area contributed by atoms with Crippen LogP contribution in [0.1, 0.15) is 25.7 Å². The molecule has 126 valence electrons. The highest BCUT2D eigenvalue weighted by molar-refractivity contribution is 5.85. The quantitative estimate of drug-likeness (QED) is 0.777. The minimum atomic E-state index is -4.40. The molecule has 0 aromatic carbocycles. The average Bonchev–Trinajstić information content (AvgIpc) is 3.23. The summed E-state index contributed by atoms with van der Waals surface area (Å²) in [5.74, 6) is -1.48. The first-order valence-electron chi connectivity index (χ1n) is 7.56. The number of hydrogen-bond donors (Lipinski definition) is 2. The van der Waals surface area contributed by atoms with E-state index in [1.54, 1.807) is 0 Å². The first-order valence-corrected chi connectivity index (χ1v) is 7.56. The van der Waals surface area contributed by atoms with Crippen molar-refractivity contribution in [3.8, 4) is 0 Å². The van der Waals surface area contributed by atoms with Crippen LogP contribution in [0.5, 0.6) is 0 Å². The molecule has 1 heterocycles. The van der Waals surface area contributed by atoms with E-state index in [0.717, 1.165) is 30.8 Å². The van der Waals surface area contributed by atoms with Crippen molar-refractivity contribution in [1.82, 2.24) is 10.2 Å². The molecule has 2 rings (SSSR count). The number of alkyl halides is 3. The van der Waals surface area contributed by atoms with E-state index in [4.69, 9.17) is 5.11 Å². The number of amides is 1. The molecule has 2 fully saturated rings. The van der Waals surface area contributed by atoms with Crippen molar-refractivity contribution in [3.05, 3.63) is 0 Å². The van der Waals surface area contributed by atoms with Crippen LogP contribution in [0.25, 0.3) is 0 Å². The Bertz CT molecular complexity index is 422. The summed E-state index contributed by atoms with van der Waals surface area (Å²) in [5.41, 5.74) is 0. The molecule has 0 bridgehead atoms. The van der Waals surface area contributed by atoms with Gasteiger partial charge in [-0.05, 0) is 44.2 Å². The van der Waals surface area contributed by atoms with Crippen LogP contribution in [0.3, 0.4) is 0 Å². The van der Waals surface area contributed by atoms with E-state index in [-0.39, 0.29) is 11.8 Å². The molecule has 1 amide bonds. The van der Waals surface area contributed by atoms with Crippen LogP contribution < -0.4 is 5.32 Å². The molecule has 3 unspecified atom stereocenters. The number of halogens is 3. The Kier molecular flexibility index (Phi) is 5.31. The Morgan fingerprint density at radius 2 is 2.05 bits per heavy atom. The molecular formula is C14H21F3N2O3. The lowest BCUT2D eigenvalue weighted by Crippen LogP contribution is -2.40. The molecule has 0 spiro atoms. The van der Waals surface area contributed by atoms with Crippen LogP contribution in [0.4, 0.5) is 13.2 Å². The van der Waals surface area contributed by atoms with Crippen molar-refractivity contribution in [1.29, 1.82) is 0 Å². The maximum Gasteiger partial charge on any atom is 0.390 e. The Labute approximate surface area is 126 Å². The summed E-state index contributed by atoms with van der Waals surface area (Å²) in [5, 5.41) is 12.0. The molecule has 2 N–H and O–H groups in total. The number of carboxylic acid groups (broad SMARTS) is 1. The highest BCUT2D eigenvalue weighted by Crippen LogP contribution is 2.47. The van der Waals surface area contributed by atoms with Crippen LogP contribution in [0, 0.1) is 17.8 Å². The second-order valence-electron chi connectivity index (χ2n) is 6.13. The zero-order valence-corrected chi connectivity index (χ0v) is 12.2. The number of rotatable bonds is 6. The monoisotopic (exact) mass is 322 g/mol. The minimum absolute atomic E-state index is 0.183. The highest BCUT2D eigenvalue weighted by atomic mass is 19.4. The molecule has 2 aliphatic rings. The van der Waals surface area contributed by atoms with E-state index in [0.29, 0.717) is 12.3 Å². The lowest BCUT2D eigenvalue weighted by Gasteiger charge is -2.25. The maximum absolute atomic E-state index is 12.3. The molecule has 1 saturated carbocycles. The predicted octanol–water partition coefficient (Wildman–Crippen LogP) is 1.49. The topological polar surface area (TPSA) is 69.6 Å². The fourth-order valence-corrected chi connectivity index (χ4v) is 3.19. The van der Waals surface area contributed by atoms with Crippen molar-refractivity contribution >= 4 is 11.9 Å². The fourth-order valence-electron chi connectivity index (χ4n) is 3.19. The van der Waals surface area contributed by atoms with Crippen molar-refractivity contribution in [2.45, 2.75) is 31.9 Å². The van der Waals surface area contributed by atoms with Gasteiger partial charge in [0, 0.05) is 12.5 Å². The zero-order chi connectivity index (χ0) is 16.3. The van der Waals surface area contributed by atoms with Crippen molar-refractivity contribution in [3.63, 3.8) is 0 Å². The molecule has 1 saturated heterocycles. The number of carbonyl (C=O) groups excluding carboxylic acids is 1. The molecule has 5 nitrogen and oxygen atoms in total. The van der Waals surface area contributed by atoms with Crippen molar-refractivity contribution in [2.24, 2.45) is 17.8 Å². The van der Waals surface area contributed by atoms with Crippen LogP contribution >= 0.6 is 0 Å². The van der Waals surface area contributed by atoms with Gasteiger partial charge in [-0.15, -0.1) is 0 Å². The fraction of sp³-hybridized carbons (Fsp3) is 0.857. The standard InChI is InChI=1S/C14H21F3N2O3/c15-14(16,17)3-5-19(8-12(20)21)13(22)11-6-10(11)9-2-1-4-18-7-9/h9-11,18H,1-8H2,(H,20,21). The smallest absolute Gasteiger partial charge is 0.390 e. The van der Waals surface area contributed by atoms with E-state index in [1.807, 2.05) is 0 Å². The van der Waals surface area contributed by atoms with E-state index >= 15 is 0 Å². The van der Waals surface area contributed by atoms with Gasteiger partial charge in [-0.1, -0.05) is 0 Å². The Morgan fingerprint density at radius 1 is 1.32 bits per heavy atom. The van der Waals surface area contributed by atoms with Gasteiger partial charge < -0.3 is 15.3 Å². The predicted molar refractivity (Wildman–Crippen MR) is 72.1 cm³/mol. The summed E-state index contributed by atoms with van der Waals surface area (Å²) in [4.78, 5) is 23.9. The molecule has 22 heavy (non-hydrogen) atoms. The number of piperidine rings is 1. The summed E-state index contributed by atoms with van der Waals surface area (Å²) in [6.45, 7) is 0.538. The van der Waals surface area contributed by atoms with E-state index in [2.05, 4.69) is 5.32 Å². The number of carbonyl (C=O) groups is 2. The first-order chi connectivity index (χ1) is 10.3. The van der Waals surface area contributed by atoms with Gasteiger partial charge in [-0.25, -0.2) is 0 Å². The van der Waals surface area contributed by atoms with E-state index in [9.17, 15) is 22.8 Å². The third kappa shape index (κ3) is 4.86. The van der Waals surface area contributed by atoms with Crippen LogP contribution in [-0.2, 0) is 9.59 Å². The summed E-state index contributed by atoms with van der Waals surface area (Å²) in [6, 6.07) is 0. The van der Waals surface area contributed by atoms with Gasteiger partial charge in [-0.3, -0.25) is 9.59 Å². The third-order valence-corrected chi connectivity index (χ3v) is 4.40. The molecule has 1 aliphatic heterocycles. The van der Waals surface area contributed by atoms with Crippen molar-refractivity contribution in [2.75, 3.05) is 26.2 Å². The minimum Gasteiger partial charge on any atom is -0.480 e. The first kappa shape index (κ1) is 17.1. The number of aliphatic carboxylic acids is 1. The summed E-state index contributed by atoms with van der Waals surface area (Å²) in [6.07, 6.45) is -2.85. The Morgan fingerprint density at radius 3 is 2.59 bits per heavy atom. The lowest BCUT2D eigenvalue weighted by molar-refractivity contribution is -0.153. The Balaban J connectivity index is 1.90. The molecule has 1 aliphatic carbocycles. The van der Waals surface area contributed by atoms with Crippen molar-refractivity contribution < 1.29 is 27.9 Å². The number of nitrogens with one attached hydrogen (secondary N) is 1. The summed E-state index contributed by atoms with van der Waals surface area (Å²) in [7, 11) is 0. The molecule has 0 radical (unpaired) electrons. The van der Waals surface area contributed by atoms with Gasteiger partial charge in [0.2, 0.25) is 5.91 Å². The van der Waals surface area contributed by atoms with Gasteiger partial charge in [0.05, 0.1) is 6.42 Å². The lowest BCUT2D eigenvalue weighted by atomic mass is 9.93. The van der Waals surface area contributed by atoms with E-state index < -0.39 is 37.6 Å². The molecule has 8 heteroatoms. The van der Waals surface area contributed by atoms with Gasteiger partial charge in [-0.2, -0.15) is 13.2 Å². The molecular weight excluding hydrogens is 301 g/mol. The molecule has 0 aromatic rings. The SMILES string of the molecule is O=C(O)CN(CCC(F)(F)F)C(=O)C1CC1C1CCCNC1. The second kappa shape index (κ2) is 6.85. The highest BCUT2D eigenvalue weighted by Gasteiger charge is 2.49. The largest absolute Gasteiger partial charge is 0.480 e. The molecule has 0 aromatic heterocycles. The third-order valence-electron chi connectivity index (χ3n) is 4.40. The number of carboxylic acids is 1. The van der Waals surface area contributed by atoms with Crippen LogP contribution in [0.2, 0.25) is 0 Å². The van der Waals surface area contributed by atoms with Crippen LogP contribution in [-0.4, -0.2) is 54.2 Å².